The number of ketones is 1. The normalized spacial score (nSPS) is 10.2. The predicted octanol–water partition coefficient (Wildman–Crippen LogP) is 3.81. The minimum Gasteiger partial charge on any atom is -0.494 e. The van der Waals surface area contributed by atoms with Crippen LogP contribution in [0.4, 0.5) is 5.69 Å². The molecular weight excluding hydrogens is 338 g/mol. The Hall–Kier alpha value is -3.22. The molecule has 0 heterocycles. The Morgan fingerprint density at radius 3 is 2.19 bits per heavy atom. The molecule has 0 radical (unpaired) electrons. The van der Waals surface area contributed by atoms with Crippen LogP contribution in [0.25, 0.3) is 0 Å². The van der Waals surface area contributed by atoms with E-state index in [0.717, 1.165) is 12.8 Å². The van der Waals surface area contributed by atoms with Crippen molar-refractivity contribution >= 4 is 17.4 Å². The Kier molecular flexibility index (Phi) is 6.84. The van der Waals surface area contributed by atoms with Crippen molar-refractivity contribution in [1.82, 2.24) is 0 Å². The highest BCUT2D eigenvalue weighted by Gasteiger charge is 2.13. The van der Waals surface area contributed by atoms with Crippen LogP contribution in [0.3, 0.4) is 0 Å². The van der Waals surface area contributed by atoms with E-state index in [0.29, 0.717) is 17.9 Å². The van der Waals surface area contributed by atoms with Crippen molar-refractivity contribution in [2.75, 3.05) is 13.2 Å². The van der Waals surface area contributed by atoms with Crippen LogP contribution in [0.1, 0.15) is 40.5 Å². The number of hydrogen-bond donors (Lipinski definition) is 0. The van der Waals surface area contributed by atoms with E-state index in [1.54, 1.807) is 24.3 Å². The molecule has 2 aromatic carbocycles. The van der Waals surface area contributed by atoms with Crippen LogP contribution in [-0.4, -0.2) is 29.9 Å². The van der Waals surface area contributed by atoms with Gasteiger partial charge in [0.15, 0.2) is 12.4 Å². The second-order valence-corrected chi connectivity index (χ2v) is 5.53. The quantitative estimate of drug-likeness (QED) is 0.223. The summed E-state index contributed by atoms with van der Waals surface area (Å²) >= 11 is 0. The summed E-state index contributed by atoms with van der Waals surface area (Å²) in [5.41, 5.74) is 0.437. The number of carbonyl (C=O) groups excluding carboxylic acids is 2. The number of unbranched alkanes of at least 4 members (excludes halogenated alkanes) is 1. The minimum absolute atomic E-state index is 0.111. The minimum atomic E-state index is -0.625. The summed E-state index contributed by atoms with van der Waals surface area (Å²) in [7, 11) is 0. The smallest absolute Gasteiger partial charge is 0.338 e. The van der Waals surface area contributed by atoms with E-state index in [4.69, 9.17) is 9.47 Å². The summed E-state index contributed by atoms with van der Waals surface area (Å²) in [6.07, 6.45) is 1.99. The second kappa shape index (κ2) is 9.31. The third kappa shape index (κ3) is 5.41. The largest absolute Gasteiger partial charge is 0.494 e. The molecule has 2 aromatic rings. The molecular formula is C19H19NO6. The number of non-ortho nitro benzene ring substituents is 1. The lowest BCUT2D eigenvalue weighted by molar-refractivity contribution is -0.384. The molecule has 26 heavy (non-hydrogen) atoms. The predicted molar refractivity (Wildman–Crippen MR) is 94.6 cm³/mol. The molecule has 0 aliphatic heterocycles. The average molecular weight is 357 g/mol. The molecule has 0 aromatic heterocycles. The summed E-state index contributed by atoms with van der Waals surface area (Å²) in [6.45, 7) is 2.25. The van der Waals surface area contributed by atoms with Crippen molar-refractivity contribution in [3.63, 3.8) is 0 Å². The van der Waals surface area contributed by atoms with E-state index in [-0.39, 0.29) is 11.3 Å². The lowest BCUT2D eigenvalue weighted by atomic mass is 10.1. The molecule has 0 spiro atoms. The summed E-state index contributed by atoms with van der Waals surface area (Å²) in [6, 6.07) is 11.6. The molecule has 0 N–H and O–H groups in total. The highest BCUT2D eigenvalue weighted by atomic mass is 16.6. The van der Waals surface area contributed by atoms with Crippen LogP contribution in [0.5, 0.6) is 5.75 Å². The lowest BCUT2D eigenvalue weighted by Crippen LogP contribution is -2.14. The van der Waals surface area contributed by atoms with Gasteiger partial charge < -0.3 is 9.47 Å². The first-order chi connectivity index (χ1) is 12.5. The Morgan fingerprint density at radius 1 is 1.00 bits per heavy atom. The molecule has 0 aliphatic rings. The maximum atomic E-state index is 12.0. The summed E-state index contributed by atoms with van der Waals surface area (Å²) in [4.78, 5) is 34.0. The molecule has 0 saturated heterocycles. The lowest BCUT2D eigenvalue weighted by Gasteiger charge is -2.07. The Balaban J connectivity index is 1.87. The number of esters is 1. The SMILES string of the molecule is CCCCOc1ccc(C(=O)OCC(=O)c2ccc([N+](=O)[O-])cc2)cc1. The van der Waals surface area contributed by atoms with Gasteiger partial charge in [0.1, 0.15) is 5.75 Å². The van der Waals surface area contributed by atoms with E-state index in [2.05, 4.69) is 6.92 Å². The van der Waals surface area contributed by atoms with E-state index >= 15 is 0 Å². The molecule has 0 unspecified atom stereocenters. The van der Waals surface area contributed by atoms with Gasteiger partial charge in [0, 0.05) is 17.7 Å². The molecule has 0 amide bonds. The summed E-state index contributed by atoms with van der Waals surface area (Å²) < 4.78 is 10.5. The van der Waals surface area contributed by atoms with E-state index in [9.17, 15) is 19.7 Å². The maximum Gasteiger partial charge on any atom is 0.338 e. The zero-order chi connectivity index (χ0) is 18.9. The third-order valence-corrected chi connectivity index (χ3v) is 3.59. The average Bonchev–Trinajstić information content (AvgIpc) is 2.66. The first kappa shape index (κ1) is 19.1. The van der Waals surface area contributed by atoms with Gasteiger partial charge in [-0.2, -0.15) is 0 Å². The number of benzene rings is 2. The van der Waals surface area contributed by atoms with Crippen LogP contribution in [0, 0.1) is 10.1 Å². The molecule has 2 rings (SSSR count). The number of hydrogen-bond acceptors (Lipinski definition) is 6. The third-order valence-electron chi connectivity index (χ3n) is 3.59. The van der Waals surface area contributed by atoms with E-state index in [1.165, 1.54) is 24.3 Å². The molecule has 0 bridgehead atoms. The van der Waals surface area contributed by atoms with Crippen molar-refractivity contribution in [3.8, 4) is 5.75 Å². The summed E-state index contributed by atoms with van der Waals surface area (Å²) in [5.74, 6) is -0.398. The second-order valence-electron chi connectivity index (χ2n) is 5.53. The fourth-order valence-corrected chi connectivity index (χ4v) is 2.09. The molecule has 7 nitrogen and oxygen atoms in total. The highest BCUT2D eigenvalue weighted by molar-refractivity contribution is 5.99. The van der Waals surface area contributed by atoms with Gasteiger partial charge in [-0.25, -0.2) is 4.79 Å². The van der Waals surface area contributed by atoms with Crippen LogP contribution in [0.2, 0.25) is 0 Å². The van der Waals surface area contributed by atoms with Gasteiger partial charge in [0.2, 0.25) is 0 Å². The van der Waals surface area contributed by atoms with Crippen LogP contribution in [-0.2, 0) is 4.74 Å². The van der Waals surface area contributed by atoms with Gasteiger partial charge in [-0.3, -0.25) is 14.9 Å². The number of nitro benzene ring substituents is 1. The molecule has 0 aliphatic carbocycles. The van der Waals surface area contributed by atoms with E-state index < -0.39 is 23.3 Å². The number of ether oxygens (including phenoxy) is 2. The van der Waals surface area contributed by atoms with Gasteiger partial charge in [0.05, 0.1) is 17.1 Å². The number of carbonyl (C=O) groups is 2. The monoisotopic (exact) mass is 357 g/mol. The first-order valence-corrected chi connectivity index (χ1v) is 8.19. The number of rotatable bonds is 9. The maximum absolute atomic E-state index is 12.0. The van der Waals surface area contributed by atoms with Crippen molar-refractivity contribution in [2.24, 2.45) is 0 Å². The number of nitro groups is 1. The molecule has 0 atom stereocenters. The van der Waals surface area contributed by atoms with Gasteiger partial charge in [-0.05, 0) is 42.8 Å². The van der Waals surface area contributed by atoms with Crippen molar-refractivity contribution < 1.29 is 24.0 Å². The van der Waals surface area contributed by atoms with Crippen molar-refractivity contribution in [2.45, 2.75) is 19.8 Å². The standard InChI is InChI=1S/C19H19NO6/c1-2-3-12-25-17-10-6-15(7-11-17)19(22)26-13-18(21)14-4-8-16(9-5-14)20(23)24/h4-11H,2-3,12-13H2,1H3. The van der Waals surface area contributed by atoms with Crippen molar-refractivity contribution in [3.05, 3.63) is 69.8 Å². The van der Waals surface area contributed by atoms with Crippen LogP contribution >= 0.6 is 0 Å². The zero-order valence-electron chi connectivity index (χ0n) is 14.3. The van der Waals surface area contributed by atoms with Gasteiger partial charge in [-0.15, -0.1) is 0 Å². The van der Waals surface area contributed by atoms with Crippen LogP contribution < -0.4 is 4.74 Å². The van der Waals surface area contributed by atoms with Gasteiger partial charge in [-0.1, -0.05) is 13.3 Å². The van der Waals surface area contributed by atoms with E-state index in [1.807, 2.05) is 0 Å². The molecule has 136 valence electrons. The first-order valence-electron chi connectivity index (χ1n) is 8.19. The number of Topliss-reactive ketones (excluding diaryl/α,β-unsaturated/α-hetero) is 1. The van der Waals surface area contributed by atoms with Gasteiger partial charge >= 0.3 is 5.97 Å². The number of nitrogens with zero attached hydrogens (tertiary/aromatic N) is 1. The Morgan fingerprint density at radius 2 is 1.62 bits per heavy atom. The Bertz CT molecular complexity index is 768. The van der Waals surface area contributed by atoms with Crippen molar-refractivity contribution in [1.29, 1.82) is 0 Å². The zero-order valence-corrected chi connectivity index (χ0v) is 14.3. The Labute approximate surface area is 150 Å². The highest BCUT2D eigenvalue weighted by Crippen LogP contribution is 2.15. The molecule has 0 saturated carbocycles. The topological polar surface area (TPSA) is 95.7 Å². The summed E-state index contributed by atoms with van der Waals surface area (Å²) in [5, 5.41) is 10.6. The molecule has 0 fully saturated rings. The fourth-order valence-electron chi connectivity index (χ4n) is 2.09. The van der Waals surface area contributed by atoms with Crippen LogP contribution in [0.15, 0.2) is 48.5 Å². The fraction of sp³-hybridized carbons (Fsp3) is 0.263. The van der Waals surface area contributed by atoms with Gasteiger partial charge in [0.25, 0.3) is 5.69 Å². The molecule has 7 heteroatoms.